The van der Waals surface area contributed by atoms with Crippen LogP contribution in [-0.4, -0.2) is 35.6 Å². The molecule has 1 rings (SSSR count). The molecule has 0 bridgehead atoms. The summed E-state index contributed by atoms with van der Waals surface area (Å²) in [6.45, 7) is 2.85. The number of carbonyl (C=O) groups is 1. The summed E-state index contributed by atoms with van der Waals surface area (Å²) in [6.07, 6.45) is 0.837. The zero-order valence-electron chi connectivity index (χ0n) is 9.69. The van der Waals surface area contributed by atoms with Crippen molar-refractivity contribution in [2.75, 3.05) is 19.7 Å². The second-order valence-corrected chi connectivity index (χ2v) is 4.60. The first kappa shape index (κ1) is 14.4. The Kier molecular flexibility index (Phi) is 5.82. The number of hydrogen-bond acceptors (Lipinski definition) is 3. The first-order valence-corrected chi connectivity index (χ1v) is 6.31. The lowest BCUT2D eigenvalue weighted by atomic mass is 10.2. The third-order valence-electron chi connectivity index (χ3n) is 2.33. The number of aliphatic hydroxyl groups excluding tert-OH is 1. The van der Waals surface area contributed by atoms with E-state index in [-0.39, 0.29) is 12.5 Å². The standard InChI is InChI=1S/C12H16ClNO2S/c1-2-5-14(6-7-15)12(16)10-8-9(17)3-4-11(10)13/h3-4,8,15,17H,2,5-7H2,1H3. The molecule has 3 nitrogen and oxygen atoms in total. The molecule has 0 atom stereocenters. The summed E-state index contributed by atoms with van der Waals surface area (Å²) in [5.74, 6) is -0.165. The van der Waals surface area contributed by atoms with Gasteiger partial charge >= 0.3 is 0 Å². The van der Waals surface area contributed by atoms with Crippen LogP contribution in [0.1, 0.15) is 23.7 Å². The maximum absolute atomic E-state index is 12.2. The minimum atomic E-state index is -0.165. The number of benzene rings is 1. The molecular formula is C12H16ClNO2S. The van der Waals surface area contributed by atoms with Crippen molar-refractivity contribution in [1.82, 2.24) is 4.90 Å². The predicted octanol–water partition coefficient (Wildman–Crippen LogP) is 2.47. The highest BCUT2D eigenvalue weighted by Crippen LogP contribution is 2.21. The van der Waals surface area contributed by atoms with Gasteiger partial charge in [0.05, 0.1) is 17.2 Å². The number of amides is 1. The molecule has 1 aromatic rings. The number of halogens is 1. The Morgan fingerprint density at radius 2 is 2.18 bits per heavy atom. The molecule has 5 heteroatoms. The van der Waals surface area contributed by atoms with Gasteiger partial charge in [-0.1, -0.05) is 18.5 Å². The van der Waals surface area contributed by atoms with Crippen LogP contribution in [0.15, 0.2) is 23.1 Å². The van der Waals surface area contributed by atoms with Gasteiger partial charge in [-0.3, -0.25) is 4.79 Å². The number of aliphatic hydroxyl groups is 1. The average Bonchev–Trinajstić information content (AvgIpc) is 2.31. The number of nitrogens with zero attached hydrogens (tertiary/aromatic N) is 1. The van der Waals surface area contributed by atoms with Gasteiger partial charge in [0.25, 0.3) is 5.91 Å². The monoisotopic (exact) mass is 273 g/mol. The van der Waals surface area contributed by atoms with Gasteiger partial charge < -0.3 is 10.0 Å². The molecule has 0 saturated heterocycles. The third-order valence-corrected chi connectivity index (χ3v) is 2.94. The number of thiol groups is 1. The SMILES string of the molecule is CCCN(CCO)C(=O)c1cc(S)ccc1Cl. The zero-order valence-corrected chi connectivity index (χ0v) is 11.3. The summed E-state index contributed by atoms with van der Waals surface area (Å²) < 4.78 is 0. The first-order chi connectivity index (χ1) is 8.10. The highest BCUT2D eigenvalue weighted by atomic mass is 35.5. The number of rotatable bonds is 5. The van der Waals surface area contributed by atoms with Gasteiger partial charge in [0.1, 0.15) is 0 Å². The van der Waals surface area contributed by atoms with Crippen molar-refractivity contribution in [3.63, 3.8) is 0 Å². The fourth-order valence-corrected chi connectivity index (χ4v) is 1.96. The van der Waals surface area contributed by atoms with E-state index in [0.29, 0.717) is 28.6 Å². The fourth-order valence-electron chi connectivity index (χ4n) is 1.55. The predicted molar refractivity (Wildman–Crippen MR) is 72.0 cm³/mol. The highest BCUT2D eigenvalue weighted by Gasteiger charge is 2.17. The summed E-state index contributed by atoms with van der Waals surface area (Å²) in [5, 5.41) is 9.35. The van der Waals surface area contributed by atoms with Crippen LogP contribution in [-0.2, 0) is 0 Å². The molecule has 0 aliphatic rings. The minimum Gasteiger partial charge on any atom is -0.395 e. The van der Waals surface area contributed by atoms with E-state index in [1.165, 1.54) is 0 Å². The van der Waals surface area contributed by atoms with Gasteiger partial charge in [-0.25, -0.2) is 0 Å². The van der Waals surface area contributed by atoms with Crippen LogP contribution in [0.4, 0.5) is 0 Å². The molecule has 1 amide bonds. The van der Waals surface area contributed by atoms with E-state index in [2.05, 4.69) is 12.6 Å². The van der Waals surface area contributed by atoms with Crippen molar-refractivity contribution in [2.45, 2.75) is 18.2 Å². The van der Waals surface area contributed by atoms with Crippen LogP contribution >= 0.6 is 24.2 Å². The van der Waals surface area contributed by atoms with Crippen molar-refractivity contribution in [1.29, 1.82) is 0 Å². The highest BCUT2D eigenvalue weighted by molar-refractivity contribution is 7.80. The maximum atomic E-state index is 12.2. The molecule has 0 radical (unpaired) electrons. The smallest absolute Gasteiger partial charge is 0.255 e. The second kappa shape index (κ2) is 6.89. The summed E-state index contributed by atoms with van der Waals surface area (Å²) >= 11 is 10.2. The normalized spacial score (nSPS) is 10.4. The van der Waals surface area contributed by atoms with Gasteiger partial charge in [0.2, 0.25) is 0 Å². The zero-order chi connectivity index (χ0) is 12.8. The fraction of sp³-hybridized carbons (Fsp3) is 0.417. The molecule has 0 heterocycles. The van der Waals surface area contributed by atoms with Gasteiger partial charge in [0.15, 0.2) is 0 Å². The van der Waals surface area contributed by atoms with Crippen LogP contribution in [0.3, 0.4) is 0 Å². The molecule has 0 aromatic heterocycles. The molecule has 0 aliphatic carbocycles. The molecule has 1 aromatic carbocycles. The van der Waals surface area contributed by atoms with Crippen molar-refractivity contribution < 1.29 is 9.90 Å². The Morgan fingerprint density at radius 3 is 2.76 bits per heavy atom. The Morgan fingerprint density at radius 1 is 1.47 bits per heavy atom. The minimum absolute atomic E-state index is 0.0517. The van der Waals surface area contributed by atoms with Crippen LogP contribution in [0, 0.1) is 0 Å². The van der Waals surface area contributed by atoms with Gasteiger partial charge in [-0.2, -0.15) is 0 Å². The largest absolute Gasteiger partial charge is 0.395 e. The summed E-state index contributed by atoms with van der Waals surface area (Å²) in [7, 11) is 0. The lowest BCUT2D eigenvalue weighted by Gasteiger charge is -2.21. The maximum Gasteiger partial charge on any atom is 0.255 e. The van der Waals surface area contributed by atoms with Crippen molar-refractivity contribution in [3.05, 3.63) is 28.8 Å². The summed E-state index contributed by atoms with van der Waals surface area (Å²) in [6, 6.07) is 5.03. The van der Waals surface area contributed by atoms with Crippen LogP contribution in [0.25, 0.3) is 0 Å². The van der Waals surface area contributed by atoms with Crippen molar-refractivity contribution >= 4 is 30.1 Å². The van der Waals surface area contributed by atoms with Gasteiger partial charge in [-0.15, -0.1) is 12.6 Å². The molecule has 17 heavy (non-hydrogen) atoms. The van der Waals surface area contributed by atoms with Gasteiger partial charge in [0, 0.05) is 18.0 Å². The van der Waals surface area contributed by atoms with E-state index in [1.54, 1.807) is 23.1 Å². The summed E-state index contributed by atoms with van der Waals surface area (Å²) in [5.41, 5.74) is 0.432. The van der Waals surface area contributed by atoms with Crippen molar-refractivity contribution in [2.24, 2.45) is 0 Å². The van der Waals surface area contributed by atoms with Crippen LogP contribution in [0.2, 0.25) is 5.02 Å². The van der Waals surface area contributed by atoms with E-state index >= 15 is 0 Å². The Bertz CT molecular complexity index is 392. The van der Waals surface area contributed by atoms with E-state index in [9.17, 15) is 4.79 Å². The van der Waals surface area contributed by atoms with Crippen LogP contribution in [0.5, 0.6) is 0 Å². The molecular weight excluding hydrogens is 258 g/mol. The molecule has 0 fully saturated rings. The number of carbonyl (C=O) groups excluding carboxylic acids is 1. The quantitative estimate of drug-likeness (QED) is 0.809. The lowest BCUT2D eigenvalue weighted by molar-refractivity contribution is 0.0722. The Hall–Kier alpha value is -0.710. The van der Waals surface area contributed by atoms with Crippen LogP contribution < -0.4 is 0 Å². The third kappa shape index (κ3) is 3.91. The number of hydrogen-bond donors (Lipinski definition) is 2. The molecule has 94 valence electrons. The Labute approximate surface area is 112 Å². The summed E-state index contributed by atoms with van der Waals surface area (Å²) in [4.78, 5) is 14.5. The molecule has 0 saturated carbocycles. The first-order valence-electron chi connectivity index (χ1n) is 5.48. The Balaban J connectivity index is 2.95. The lowest BCUT2D eigenvalue weighted by Crippen LogP contribution is -2.34. The topological polar surface area (TPSA) is 40.5 Å². The van der Waals surface area contributed by atoms with Crippen molar-refractivity contribution in [3.8, 4) is 0 Å². The van der Waals surface area contributed by atoms with E-state index in [4.69, 9.17) is 16.7 Å². The molecule has 0 aliphatic heterocycles. The van der Waals surface area contributed by atoms with Gasteiger partial charge in [-0.05, 0) is 24.6 Å². The second-order valence-electron chi connectivity index (χ2n) is 3.68. The molecule has 0 unspecified atom stereocenters. The van der Waals surface area contributed by atoms with E-state index in [1.807, 2.05) is 6.92 Å². The molecule has 0 spiro atoms. The average molecular weight is 274 g/mol. The van der Waals surface area contributed by atoms with E-state index in [0.717, 1.165) is 6.42 Å². The molecule has 1 N–H and O–H groups in total. The van der Waals surface area contributed by atoms with E-state index < -0.39 is 0 Å².